The van der Waals surface area contributed by atoms with Gasteiger partial charge in [0.25, 0.3) is 15.9 Å². The van der Waals surface area contributed by atoms with Crippen LogP contribution in [0.4, 0.5) is 11.4 Å². The normalized spacial score (nSPS) is 12.0. The summed E-state index contributed by atoms with van der Waals surface area (Å²) in [5, 5.41) is 5.62. The van der Waals surface area contributed by atoms with Gasteiger partial charge in [-0.15, -0.1) is 0 Å². The molecule has 0 fully saturated rings. The minimum Gasteiger partial charge on any atom is -0.350 e. The van der Waals surface area contributed by atoms with E-state index in [9.17, 15) is 18.0 Å². The second-order valence-corrected chi connectivity index (χ2v) is 10.4. The second kappa shape index (κ2) is 11.2. The Morgan fingerprint density at radius 1 is 0.943 bits per heavy atom. The van der Waals surface area contributed by atoms with Crippen LogP contribution in [0.25, 0.3) is 0 Å². The van der Waals surface area contributed by atoms with E-state index in [0.717, 1.165) is 21.9 Å². The number of carbonyl (C=O) groups excluding carboxylic acids is 2. The molecule has 0 aliphatic heterocycles. The van der Waals surface area contributed by atoms with E-state index in [4.69, 9.17) is 0 Å². The van der Waals surface area contributed by atoms with Crippen molar-refractivity contribution in [2.45, 2.75) is 45.1 Å². The molecule has 2 amide bonds. The summed E-state index contributed by atoms with van der Waals surface area (Å²) in [7, 11) is -4.03. The Bertz CT molecular complexity index is 1310. The molecule has 1 atom stereocenters. The maximum Gasteiger partial charge on any atom is 0.264 e. The topological polar surface area (TPSA) is 95.6 Å². The number of rotatable bonds is 9. The van der Waals surface area contributed by atoms with E-state index in [-0.39, 0.29) is 16.8 Å². The second-order valence-electron chi connectivity index (χ2n) is 8.49. The summed E-state index contributed by atoms with van der Waals surface area (Å²) in [4.78, 5) is 26.0. The van der Waals surface area contributed by atoms with Crippen molar-refractivity contribution in [1.82, 2.24) is 5.32 Å². The number of aryl methyl sites for hydroxylation is 2. The summed E-state index contributed by atoms with van der Waals surface area (Å²) < 4.78 is 28.2. The van der Waals surface area contributed by atoms with Gasteiger partial charge in [-0.2, -0.15) is 0 Å². The van der Waals surface area contributed by atoms with Crippen LogP contribution in [0.1, 0.15) is 41.8 Å². The molecule has 0 aliphatic carbocycles. The molecule has 0 saturated heterocycles. The third kappa shape index (κ3) is 6.27. The average molecular weight is 494 g/mol. The van der Waals surface area contributed by atoms with Crippen LogP contribution < -0.4 is 14.9 Å². The van der Waals surface area contributed by atoms with Crippen LogP contribution in [0.15, 0.2) is 77.7 Å². The van der Waals surface area contributed by atoms with Gasteiger partial charge in [0, 0.05) is 6.04 Å². The molecule has 2 N–H and O–H groups in total. The molecule has 3 rings (SSSR count). The SMILES string of the molecule is CC[C@@H](C)NC(=O)c1ccccc1NC(=O)CN(c1ccc(C)cc1C)S(=O)(=O)c1ccccc1. The van der Waals surface area contributed by atoms with E-state index >= 15 is 0 Å². The number of benzene rings is 3. The molecule has 0 unspecified atom stereocenters. The van der Waals surface area contributed by atoms with Crippen LogP contribution in [0, 0.1) is 13.8 Å². The van der Waals surface area contributed by atoms with Gasteiger partial charge in [-0.05, 0) is 63.1 Å². The van der Waals surface area contributed by atoms with Gasteiger partial charge < -0.3 is 10.6 Å². The predicted octanol–water partition coefficient (Wildman–Crippen LogP) is 4.67. The lowest BCUT2D eigenvalue weighted by Crippen LogP contribution is -2.39. The maximum absolute atomic E-state index is 13.6. The van der Waals surface area contributed by atoms with E-state index in [2.05, 4.69) is 10.6 Å². The predicted molar refractivity (Wildman–Crippen MR) is 139 cm³/mol. The van der Waals surface area contributed by atoms with Gasteiger partial charge in [0.1, 0.15) is 6.54 Å². The number of para-hydroxylation sites is 1. The summed E-state index contributed by atoms with van der Waals surface area (Å²) in [6.45, 7) is 7.13. The molecule has 3 aromatic rings. The molecule has 8 heteroatoms. The Kier molecular flexibility index (Phi) is 8.30. The first-order valence-corrected chi connectivity index (χ1v) is 12.9. The highest BCUT2D eigenvalue weighted by atomic mass is 32.2. The van der Waals surface area contributed by atoms with Crippen molar-refractivity contribution in [2.24, 2.45) is 0 Å². The number of anilines is 2. The molecule has 3 aromatic carbocycles. The number of sulfonamides is 1. The van der Waals surface area contributed by atoms with Crippen molar-refractivity contribution in [2.75, 3.05) is 16.2 Å². The van der Waals surface area contributed by atoms with E-state index in [1.165, 1.54) is 12.1 Å². The van der Waals surface area contributed by atoms with Crippen LogP contribution in [0.3, 0.4) is 0 Å². The fraction of sp³-hybridized carbons (Fsp3) is 0.259. The molecule has 7 nitrogen and oxygen atoms in total. The quantitative estimate of drug-likeness (QED) is 0.453. The number of nitrogens with zero attached hydrogens (tertiary/aromatic N) is 1. The zero-order valence-electron chi connectivity index (χ0n) is 20.4. The standard InChI is InChI=1S/C27H31N3O4S/c1-5-21(4)28-27(32)23-13-9-10-14-24(23)29-26(31)18-30(25-16-15-19(2)17-20(25)3)35(33,34)22-11-7-6-8-12-22/h6-17,21H,5,18H2,1-4H3,(H,28,32)(H,29,31)/t21-/m1/s1. The number of hydrogen-bond donors (Lipinski definition) is 2. The fourth-order valence-electron chi connectivity index (χ4n) is 3.62. The van der Waals surface area contributed by atoms with Crippen LogP contribution >= 0.6 is 0 Å². The lowest BCUT2D eigenvalue weighted by Gasteiger charge is -2.26. The zero-order chi connectivity index (χ0) is 25.6. The molecule has 0 spiro atoms. The summed E-state index contributed by atoms with van der Waals surface area (Å²) >= 11 is 0. The first-order valence-electron chi connectivity index (χ1n) is 11.5. The highest BCUT2D eigenvalue weighted by Gasteiger charge is 2.28. The van der Waals surface area contributed by atoms with Gasteiger partial charge in [-0.1, -0.05) is 55.0 Å². The highest BCUT2D eigenvalue weighted by molar-refractivity contribution is 7.92. The molecule has 184 valence electrons. The fourth-order valence-corrected chi connectivity index (χ4v) is 5.13. The molecular weight excluding hydrogens is 462 g/mol. The number of nitrogens with one attached hydrogen (secondary N) is 2. The van der Waals surface area contributed by atoms with Crippen molar-refractivity contribution in [1.29, 1.82) is 0 Å². The van der Waals surface area contributed by atoms with E-state index in [1.54, 1.807) is 48.5 Å². The van der Waals surface area contributed by atoms with Crippen LogP contribution in [0.2, 0.25) is 0 Å². The third-order valence-electron chi connectivity index (χ3n) is 5.68. The maximum atomic E-state index is 13.6. The monoisotopic (exact) mass is 493 g/mol. The first kappa shape index (κ1) is 26.0. The smallest absolute Gasteiger partial charge is 0.264 e. The highest BCUT2D eigenvalue weighted by Crippen LogP contribution is 2.28. The molecule has 0 saturated carbocycles. The van der Waals surface area contributed by atoms with Gasteiger partial charge in [0.15, 0.2) is 0 Å². The summed E-state index contributed by atoms with van der Waals surface area (Å²) in [6.07, 6.45) is 0.766. The van der Waals surface area contributed by atoms with E-state index < -0.39 is 22.5 Å². The number of carbonyl (C=O) groups is 2. The largest absolute Gasteiger partial charge is 0.350 e. The van der Waals surface area contributed by atoms with Crippen molar-refractivity contribution in [3.63, 3.8) is 0 Å². The Hall–Kier alpha value is -3.65. The summed E-state index contributed by atoms with van der Waals surface area (Å²) in [6, 6.07) is 20.0. The molecule has 35 heavy (non-hydrogen) atoms. The molecule has 0 aromatic heterocycles. The lowest BCUT2D eigenvalue weighted by molar-refractivity contribution is -0.114. The Morgan fingerprint density at radius 3 is 2.26 bits per heavy atom. The summed E-state index contributed by atoms with van der Waals surface area (Å²) in [5.41, 5.74) is 2.75. The van der Waals surface area contributed by atoms with Crippen molar-refractivity contribution in [3.05, 3.63) is 89.5 Å². The van der Waals surface area contributed by atoms with E-state index in [1.807, 2.05) is 39.8 Å². The average Bonchev–Trinajstić information content (AvgIpc) is 2.83. The Morgan fingerprint density at radius 2 is 1.60 bits per heavy atom. The summed E-state index contributed by atoms with van der Waals surface area (Å²) in [5.74, 6) is -0.869. The van der Waals surface area contributed by atoms with Gasteiger partial charge >= 0.3 is 0 Å². The molecular formula is C27H31N3O4S. The minimum atomic E-state index is -4.03. The van der Waals surface area contributed by atoms with Crippen molar-refractivity contribution >= 4 is 33.2 Å². The van der Waals surface area contributed by atoms with Crippen molar-refractivity contribution < 1.29 is 18.0 Å². The third-order valence-corrected chi connectivity index (χ3v) is 7.45. The van der Waals surface area contributed by atoms with E-state index in [0.29, 0.717) is 16.9 Å². The number of hydrogen-bond acceptors (Lipinski definition) is 4. The van der Waals surface area contributed by atoms with Gasteiger partial charge in [-0.25, -0.2) is 8.42 Å². The van der Waals surface area contributed by atoms with Crippen LogP contribution in [0.5, 0.6) is 0 Å². The van der Waals surface area contributed by atoms with Gasteiger partial charge in [0.2, 0.25) is 5.91 Å². The molecule has 0 aliphatic rings. The van der Waals surface area contributed by atoms with Crippen molar-refractivity contribution in [3.8, 4) is 0 Å². The minimum absolute atomic E-state index is 0.0257. The first-order chi connectivity index (χ1) is 16.6. The van der Waals surface area contributed by atoms with Crippen LogP contribution in [-0.4, -0.2) is 32.8 Å². The Labute approximate surface area is 207 Å². The number of amides is 2. The molecule has 0 bridgehead atoms. The van der Waals surface area contributed by atoms with Gasteiger partial charge in [0.05, 0.1) is 21.8 Å². The van der Waals surface area contributed by atoms with Crippen LogP contribution in [-0.2, 0) is 14.8 Å². The van der Waals surface area contributed by atoms with Gasteiger partial charge in [-0.3, -0.25) is 13.9 Å². The Balaban J connectivity index is 1.94. The molecule has 0 radical (unpaired) electrons. The lowest BCUT2D eigenvalue weighted by atomic mass is 10.1. The zero-order valence-corrected chi connectivity index (χ0v) is 21.2. The molecule has 0 heterocycles.